The van der Waals surface area contributed by atoms with E-state index in [1.54, 1.807) is 24.3 Å². The Morgan fingerprint density at radius 1 is 1.41 bits per heavy atom. The molecule has 1 unspecified atom stereocenters. The third-order valence-corrected chi connectivity index (χ3v) is 2.33. The van der Waals surface area contributed by atoms with E-state index in [0.29, 0.717) is 10.8 Å². The fourth-order valence-corrected chi connectivity index (χ4v) is 1.33. The molecule has 0 aliphatic rings. The highest BCUT2D eigenvalue weighted by molar-refractivity contribution is 6.30. The molecule has 1 aromatic rings. The molecule has 2 N–H and O–H groups in total. The Morgan fingerprint density at radius 2 is 2.00 bits per heavy atom. The lowest BCUT2D eigenvalue weighted by Crippen LogP contribution is -2.40. The first-order chi connectivity index (χ1) is 7.99. The first-order valence-corrected chi connectivity index (χ1v) is 5.75. The van der Waals surface area contributed by atoms with Crippen LogP contribution in [0.3, 0.4) is 0 Å². The van der Waals surface area contributed by atoms with Crippen LogP contribution in [0.25, 0.3) is 0 Å². The minimum Gasteiger partial charge on any atom is -0.478 e. The zero-order valence-electron chi connectivity index (χ0n) is 9.81. The SMILES string of the molecule is CC(C)NCC(Oc1ccc(Cl)cc1)C(=O)O. The lowest BCUT2D eigenvalue weighted by atomic mass is 10.3. The Hall–Kier alpha value is -1.26. The molecule has 0 aromatic heterocycles. The number of ether oxygens (including phenoxy) is 1. The van der Waals surface area contributed by atoms with Gasteiger partial charge in [-0.3, -0.25) is 0 Å². The van der Waals surface area contributed by atoms with Crippen LogP contribution >= 0.6 is 11.6 Å². The van der Waals surface area contributed by atoms with Crippen molar-refractivity contribution in [3.05, 3.63) is 29.3 Å². The molecule has 0 amide bonds. The van der Waals surface area contributed by atoms with E-state index in [-0.39, 0.29) is 12.6 Å². The predicted molar refractivity (Wildman–Crippen MR) is 66.6 cm³/mol. The molecular weight excluding hydrogens is 242 g/mol. The van der Waals surface area contributed by atoms with E-state index in [1.165, 1.54) is 0 Å². The van der Waals surface area contributed by atoms with Crippen LogP contribution in [-0.4, -0.2) is 29.8 Å². The number of nitrogens with one attached hydrogen (secondary N) is 1. The van der Waals surface area contributed by atoms with E-state index >= 15 is 0 Å². The summed E-state index contributed by atoms with van der Waals surface area (Å²) < 4.78 is 5.36. The van der Waals surface area contributed by atoms with Crippen LogP contribution < -0.4 is 10.1 Å². The second kappa shape index (κ2) is 6.47. The maximum absolute atomic E-state index is 11.0. The quantitative estimate of drug-likeness (QED) is 0.820. The Labute approximate surface area is 106 Å². The average Bonchev–Trinajstić information content (AvgIpc) is 2.26. The van der Waals surface area contributed by atoms with Crippen molar-refractivity contribution in [2.24, 2.45) is 0 Å². The van der Waals surface area contributed by atoms with Crippen molar-refractivity contribution in [3.8, 4) is 5.75 Å². The van der Waals surface area contributed by atoms with Gasteiger partial charge < -0.3 is 15.2 Å². The topological polar surface area (TPSA) is 58.6 Å². The van der Waals surface area contributed by atoms with Gasteiger partial charge in [-0.05, 0) is 24.3 Å². The zero-order valence-corrected chi connectivity index (χ0v) is 10.6. The van der Waals surface area contributed by atoms with Gasteiger partial charge in [-0.15, -0.1) is 0 Å². The summed E-state index contributed by atoms with van der Waals surface area (Å²) in [5.41, 5.74) is 0. The summed E-state index contributed by atoms with van der Waals surface area (Å²) in [6.07, 6.45) is -0.904. The summed E-state index contributed by atoms with van der Waals surface area (Å²) in [4.78, 5) is 11.0. The monoisotopic (exact) mass is 257 g/mol. The van der Waals surface area contributed by atoms with Gasteiger partial charge in [-0.2, -0.15) is 0 Å². The number of halogens is 1. The van der Waals surface area contributed by atoms with Crippen LogP contribution in [0.15, 0.2) is 24.3 Å². The van der Waals surface area contributed by atoms with E-state index < -0.39 is 12.1 Å². The smallest absolute Gasteiger partial charge is 0.346 e. The molecule has 0 heterocycles. The molecule has 0 aliphatic carbocycles. The normalized spacial score (nSPS) is 12.5. The second-order valence-corrected chi connectivity index (χ2v) is 4.40. The summed E-state index contributed by atoms with van der Waals surface area (Å²) >= 11 is 5.73. The molecule has 0 bridgehead atoms. The molecule has 5 heteroatoms. The number of benzene rings is 1. The third-order valence-electron chi connectivity index (χ3n) is 2.08. The molecule has 1 atom stereocenters. The van der Waals surface area contributed by atoms with Crippen molar-refractivity contribution in [2.75, 3.05) is 6.54 Å². The number of aliphatic carboxylic acids is 1. The molecule has 17 heavy (non-hydrogen) atoms. The van der Waals surface area contributed by atoms with Gasteiger partial charge in [0.15, 0.2) is 0 Å². The molecule has 0 saturated heterocycles. The summed E-state index contributed by atoms with van der Waals surface area (Å²) in [7, 11) is 0. The summed E-state index contributed by atoms with van der Waals surface area (Å²) in [5, 5.41) is 12.6. The summed E-state index contributed by atoms with van der Waals surface area (Å²) in [6, 6.07) is 6.82. The van der Waals surface area contributed by atoms with Gasteiger partial charge in [0.25, 0.3) is 0 Å². The average molecular weight is 258 g/mol. The first-order valence-electron chi connectivity index (χ1n) is 5.37. The molecule has 1 rings (SSSR count). The van der Waals surface area contributed by atoms with Gasteiger partial charge in [0.2, 0.25) is 6.10 Å². The van der Waals surface area contributed by atoms with Crippen LogP contribution in [0.5, 0.6) is 5.75 Å². The molecule has 1 aromatic carbocycles. The molecule has 0 spiro atoms. The minimum atomic E-state index is -0.992. The number of hydrogen-bond donors (Lipinski definition) is 2. The maximum atomic E-state index is 11.0. The van der Waals surface area contributed by atoms with Gasteiger partial charge in [0.1, 0.15) is 5.75 Å². The van der Waals surface area contributed by atoms with Crippen LogP contribution in [-0.2, 0) is 4.79 Å². The molecule has 0 fully saturated rings. The number of hydrogen-bond acceptors (Lipinski definition) is 3. The molecule has 94 valence electrons. The Balaban J connectivity index is 2.60. The van der Waals surface area contributed by atoms with Crippen molar-refractivity contribution in [1.29, 1.82) is 0 Å². The number of carbonyl (C=O) groups is 1. The van der Waals surface area contributed by atoms with Gasteiger partial charge in [-0.1, -0.05) is 25.4 Å². The van der Waals surface area contributed by atoms with Gasteiger partial charge in [0, 0.05) is 17.6 Å². The van der Waals surface area contributed by atoms with Crippen LogP contribution in [0.2, 0.25) is 5.02 Å². The van der Waals surface area contributed by atoms with Crippen molar-refractivity contribution in [2.45, 2.75) is 26.0 Å². The van der Waals surface area contributed by atoms with Crippen molar-refractivity contribution in [1.82, 2.24) is 5.32 Å². The summed E-state index contributed by atoms with van der Waals surface area (Å²) in [5.74, 6) is -0.500. The van der Waals surface area contributed by atoms with E-state index in [1.807, 2.05) is 13.8 Å². The number of rotatable bonds is 6. The molecule has 0 aliphatic heterocycles. The third kappa shape index (κ3) is 5.06. The fraction of sp³-hybridized carbons (Fsp3) is 0.417. The Morgan fingerprint density at radius 3 is 2.47 bits per heavy atom. The van der Waals surface area contributed by atoms with Crippen molar-refractivity contribution >= 4 is 17.6 Å². The molecule has 0 saturated carbocycles. The van der Waals surface area contributed by atoms with E-state index in [0.717, 1.165) is 0 Å². The summed E-state index contributed by atoms with van der Waals surface area (Å²) in [6.45, 7) is 4.15. The highest BCUT2D eigenvalue weighted by Crippen LogP contribution is 2.16. The van der Waals surface area contributed by atoms with E-state index in [2.05, 4.69) is 5.32 Å². The minimum absolute atomic E-state index is 0.214. The largest absolute Gasteiger partial charge is 0.478 e. The van der Waals surface area contributed by atoms with Crippen molar-refractivity contribution < 1.29 is 14.6 Å². The predicted octanol–water partition coefficient (Wildman–Crippen LogP) is 2.17. The van der Waals surface area contributed by atoms with E-state index in [9.17, 15) is 4.79 Å². The van der Waals surface area contributed by atoms with Crippen LogP contribution in [0, 0.1) is 0 Å². The van der Waals surface area contributed by atoms with Gasteiger partial charge in [-0.25, -0.2) is 4.79 Å². The zero-order chi connectivity index (χ0) is 12.8. The lowest BCUT2D eigenvalue weighted by Gasteiger charge is -2.17. The van der Waals surface area contributed by atoms with Crippen LogP contribution in [0.1, 0.15) is 13.8 Å². The fourth-order valence-electron chi connectivity index (χ4n) is 1.20. The number of carboxylic acids is 1. The standard InChI is InChI=1S/C12H16ClNO3/c1-8(2)14-7-11(12(15)16)17-10-5-3-9(13)4-6-10/h3-6,8,11,14H,7H2,1-2H3,(H,15,16). The van der Waals surface area contributed by atoms with Crippen LogP contribution in [0.4, 0.5) is 0 Å². The molecule has 4 nitrogen and oxygen atoms in total. The van der Waals surface area contributed by atoms with E-state index in [4.69, 9.17) is 21.4 Å². The van der Waals surface area contributed by atoms with Gasteiger partial charge in [0.05, 0.1) is 0 Å². The van der Waals surface area contributed by atoms with Gasteiger partial charge >= 0.3 is 5.97 Å². The number of carboxylic acid groups (broad SMARTS) is 1. The maximum Gasteiger partial charge on any atom is 0.346 e. The lowest BCUT2D eigenvalue weighted by molar-refractivity contribution is -0.144. The highest BCUT2D eigenvalue weighted by atomic mass is 35.5. The highest BCUT2D eigenvalue weighted by Gasteiger charge is 2.19. The van der Waals surface area contributed by atoms with Crippen molar-refractivity contribution in [3.63, 3.8) is 0 Å². The Bertz CT molecular complexity index is 365. The molecular formula is C12H16ClNO3. The Kier molecular flexibility index (Phi) is 5.25. The molecule has 0 radical (unpaired) electrons. The second-order valence-electron chi connectivity index (χ2n) is 3.96. The first kappa shape index (κ1) is 13.8.